The van der Waals surface area contributed by atoms with Gasteiger partial charge in [0, 0.05) is 5.56 Å². The standard InChI is InChI=1S/C14H17BO5/c1-13(2)14(3,4)20-15(19-13)10-6-5-9(8-16)11(7-10)12(17)18/h5-8H,1-4H3,(H,17,18). The van der Waals surface area contributed by atoms with Gasteiger partial charge in [0.1, 0.15) is 0 Å². The van der Waals surface area contributed by atoms with Gasteiger partial charge < -0.3 is 14.4 Å². The van der Waals surface area contributed by atoms with Crippen LogP contribution in [-0.2, 0) is 9.31 Å². The van der Waals surface area contributed by atoms with E-state index in [1.807, 2.05) is 27.7 Å². The van der Waals surface area contributed by atoms with E-state index in [0.717, 1.165) is 0 Å². The van der Waals surface area contributed by atoms with Crippen molar-refractivity contribution in [3.05, 3.63) is 29.3 Å². The Kier molecular flexibility index (Phi) is 3.48. The van der Waals surface area contributed by atoms with Crippen molar-refractivity contribution in [1.82, 2.24) is 0 Å². The van der Waals surface area contributed by atoms with E-state index in [1.54, 1.807) is 6.07 Å². The summed E-state index contributed by atoms with van der Waals surface area (Å²) < 4.78 is 11.7. The van der Waals surface area contributed by atoms with Gasteiger partial charge in [-0.15, -0.1) is 0 Å². The van der Waals surface area contributed by atoms with Crippen LogP contribution >= 0.6 is 0 Å². The van der Waals surface area contributed by atoms with Crippen molar-refractivity contribution in [1.29, 1.82) is 0 Å². The lowest BCUT2D eigenvalue weighted by atomic mass is 9.78. The van der Waals surface area contributed by atoms with E-state index >= 15 is 0 Å². The van der Waals surface area contributed by atoms with Crippen LogP contribution in [0.3, 0.4) is 0 Å². The number of carbonyl (C=O) groups excluding carboxylic acids is 1. The summed E-state index contributed by atoms with van der Waals surface area (Å²) in [4.78, 5) is 22.0. The molecule has 1 N–H and O–H groups in total. The average Bonchev–Trinajstić information content (AvgIpc) is 2.57. The zero-order valence-corrected chi connectivity index (χ0v) is 12.0. The van der Waals surface area contributed by atoms with Crippen LogP contribution in [0.15, 0.2) is 18.2 Å². The van der Waals surface area contributed by atoms with E-state index in [2.05, 4.69) is 0 Å². The number of hydrogen-bond acceptors (Lipinski definition) is 4. The van der Waals surface area contributed by atoms with Crippen LogP contribution < -0.4 is 5.46 Å². The lowest BCUT2D eigenvalue weighted by Crippen LogP contribution is -2.41. The zero-order chi connectivity index (χ0) is 15.1. The molecule has 0 saturated carbocycles. The molecule has 0 aliphatic carbocycles. The SMILES string of the molecule is CC1(C)OB(c2ccc(C=O)c(C(=O)O)c2)OC1(C)C. The lowest BCUT2D eigenvalue weighted by Gasteiger charge is -2.32. The van der Waals surface area contributed by atoms with Gasteiger partial charge in [-0.1, -0.05) is 12.1 Å². The van der Waals surface area contributed by atoms with E-state index in [0.29, 0.717) is 11.7 Å². The number of carboxylic acid groups (broad SMARTS) is 1. The second kappa shape index (κ2) is 4.72. The van der Waals surface area contributed by atoms with Gasteiger partial charge in [0.05, 0.1) is 16.8 Å². The summed E-state index contributed by atoms with van der Waals surface area (Å²) in [7, 11) is -0.640. The van der Waals surface area contributed by atoms with Crippen LogP contribution in [0.25, 0.3) is 0 Å². The van der Waals surface area contributed by atoms with E-state index in [1.165, 1.54) is 12.1 Å². The third-order valence-electron chi connectivity index (χ3n) is 3.96. The summed E-state index contributed by atoms with van der Waals surface area (Å²) >= 11 is 0. The molecule has 1 heterocycles. The molecule has 1 aromatic rings. The Morgan fingerprint density at radius 1 is 1.20 bits per heavy atom. The van der Waals surface area contributed by atoms with Crippen LogP contribution in [0.5, 0.6) is 0 Å². The Morgan fingerprint density at radius 2 is 1.75 bits per heavy atom. The van der Waals surface area contributed by atoms with E-state index in [-0.39, 0.29) is 11.1 Å². The van der Waals surface area contributed by atoms with Crippen LogP contribution in [0.2, 0.25) is 0 Å². The fraction of sp³-hybridized carbons (Fsp3) is 0.429. The number of benzene rings is 1. The first-order valence-electron chi connectivity index (χ1n) is 6.36. The predicted octanol–water partition coefficient (Wildman–Crippen LogP) is 1.50. The second-order valence-corrected chi connectivity index (χ2v) is 5.86. The second-order valence-electron chi connectivity index (χ2n) is 5.86. The maximum Gasteiger partial charge on any atom is 0.494 e. The molecular weight excluding hydrogens is 259 g/mol. The summed E-state index contributed by atoms with van der Waals surface area (Å²) in [6, 6.07) is 4.54. The Balaban J connectivity index is 2.39. The maximum atomic E-state index is 11.2. The summed E-state index contributed by atoms with van der Waals surface area (Å²) in [5, 5.41) is 9.13. The molecule has 0 radical (unpaired) electrons. The third-order valence-corrected chi connectivity index (χ3v) is 3.96. The molecule has 1 saturated heterocycles. The fourth-order valence-corrected chi connectivity index (χ4v) is 1.99. The number of carbonyl (C=O) groups is 2. The topological polar surface area (TPSA) is 72.8 Å². The minimum absolute atomic E-state index is 0.0489. The number of aromatic carboxylic acids is 1. The Bertz CT molecular complexity index is 549. The minimum atomic E-state index is -1.15. The van der Waals surface area contributed by atoms with Crippen molar-refractivity contribution in [3.8, 4) is 0 Å². The van der Waals surface area contributed by atoms with Crippen molar-refractivity contribution in [3.63, 3.8) is 0 Å². The first kappa shape index (κ1) is 14.7. The third kappa shape index (κ3) is 2.36. The lowest BCUT2D eigenvalue weighted by molar-refractivity contribution is 0.00578. The molecule has 2 rings (SSSR count). The van der Waals surface area contributed by atoms with E-state index in [4.69, 9.17) is 14.4 Å². The quantitative estimate of drug-likeness (QED) is 0.669. The highest BCUT2D eigenvalue weighted by molar-refractivity contribution is 6.62. The molecule has 0 unspecified atom stereocenters. The van der Waals surface area contributed by atoms with Gasteiger partial charge in [0.25, 0.3) is 0 Å². The maximum absolute atomic E-state index is 11.2. The monoisotopic (exact) mass is 276 g/mol. The van der Waals surface area contributed by atoms with E-state index in [9.17, 15) is 9.59 Å². The highest BCUT2D eigenvalue weighted by Gasteiger charge is 2.51. The van der Waals surface area contributed by atoms with Crippen molar-refractivity contribution in [2.45, 2.75) is 38.9 Å². The normalized spacial score (nSPS) is 19.9. The molecule has 6 heteroatoms. The molecule has 0 spiro atoms. The number of rotatable bonds is 3. The molecule has 1 aliphatic rings. The van der Waals surface area contributed by atoms with E-state index < -0.39 is 24.3 Å². The zero-order valence-electron chi connectivity index (χ0n) is 12.0. The highest BCUT2D eigenvalue weighted by atomic mass is 16.7. The predicted molar refractivity (Wildman–Crippen MR) is 74.5 cm³/mol. The summed E-state index contributed by atoms with van der Waals surface area (Å²) in [6.45, 7) is 7.69. The highest BCUT2D eigenvalue weighted by Crippen LogP contribution is 2.36. The Labute approximate surface area is 118 Å². The van der Waals surface area contributed by atoms with Crippen LogP contribution in [0.1, 0.15) is 48.4 Å². The van der Waals surface area contributed by atoms with Crippen molar-refractivity contribution in [2.75, 3.05) is 0 Å². The molecule has 0 bridgehead atoms. The molecule has 5 nitrogen and oxygen atoms in total. The molecule has 0 atom stereocenters. The number of hydrogen-bond donors (Lipinski definition) is 1. The van der Waals surface area contributed by atoms with Gasteiger partial charge in [-0.2, -0.15) is 0 Å². The molecule has 1 fully saturated rings. The van der Waals surface area contributed by atoms with Crippen molar-refractivity contribution >= 4 is 24.8 Å². The Hall–Kier alpha value is -1.66. The van der Waals surface area contributed by atoms with Gasteiger partial charge >= 0.3 is 13.1 Å². The largest absolute Gasteiger partial charge is 0.494 e. The van der Waals surface area contributed by atoms with Crippen molar-refractivity contribution < 1.29 is 24.0 Å². The van der Waals surface area contributed by atoms with Gasteiger partial charge in [-0.3, -0.25) is 4.79 Å². The molecule has 20 heavy (non-hydrogen) atoms. The molecule has 1 aliphatic heterocycles. The van der Waals surface area contributed by atoms with Gasteiger partial charge in [0.2, 0.25) is 0 Å². The average molecular weight is 276 g/mol. The molecular formula is C14H17BO5. The molecule has 0 aromatic heterocycles. The smallest absolute Gasteiger partial charge is 0.478 e. The van der Waals surface area contributed by atoms with Gasteiger partial charge in [-0.05, 0) is 39.2 Å². The summed E-state index contributed by atoms with van der Waals surface area (Å²) in [5.74, 6) is -1.15. The Morgan fingerprint density at radius 3 is 2.20 bits per heavy atom. The van der Waals surface area contributed by atoms with Gasteiger partial charge in [-0.25, -0.2) is 4.79 Å². The number of aldehydes is 1. The summed E-state index contributed by atoms with van der Waals surface area (Å²) in [6.07, 6.45) is 0.525. The first-order chi connectivity index (χ1) is 9.18. The molecule has 0 amide bonds. The van der Waals surface area contributed by atoms with Crippen LogP contribution in [0, 0.1) is 0 Å². The van der Waals surface area contributed by atoms with Crippen LogP contribution in [-0.4, -0.2) is 35.7 Å². The van der Waals surface area contributed by atoms with Crippen LogP contribution in [0.4, 0.5) is 0 Å². The molecule has 1 aromatic carbocycles. The summed E-state index contributed by atoms with van der Waals surface area (Å²) in [5.41, 5.74) is -0.314. The fourth-order valence-electron chi connectivity index (χ4n) is 1.99. The van der Waals surface area contributed by atoms with Gasteiger partial charge in [0.15, 0.2) is 6.29 Å². The minimum Gasteiger partial charge on any atom is -0.478 e. The number of carboxylic acids is 1. The van der Waals surface area contributed by atoms with Crippen molar-refractivity contribution in [2.24, 2.45) is 0 Å². The first-order valence-corrected chi connectivity index (χ1v) is 6.36. The molecule has 106 valence electrons.